The molecule has 4 nitrogen and oxygen atoms in total. The molecular weight excluding hydrogens is 204 g/mol. The van der Waals surface area contributed by atoms with Crippen LogP contribution in [0.3, 0.4) is 0 Å². The molecular formula is C12H22N2O2. The summed E-state index contributed by atoms with van der Waals surface area (Å²) in [4.78, 5) is 13.5. The quantitative estimate of drug-likeness (QED) is 0.752. The lowest BCUT2D eigenvalue weighted by molar-refractivity contribution is -0.135. The molecule has 1 saturated carbocycles. The van der Waals surface area contributed by atoms with Gasteiger partial charge in [-0.05, 0) is 32.2 Å². The molecule has 2 fully saturated rings. The summed E-state index contributed by atoms with van der Waals surface area (Å²) >= 11 is 0. The van der Waals surface area contributed by atoms with E-state index in [-0.39, 0.29) is 12.5 Å². The molecule has 16 heavy (non-hydrogen) atoms. The Labute approximate surface area is 97.3 Å². The van der Waals surface area contributed by atoms with Crippen molar-refractivity contribution in [2.45, 2.75) is 44.2 Å². The Morgan fingerprint density at radius 2 is 2.19 bits per heavy atom. The minimum Gasteiger partial charge on any atom is -0.370 e. The van der Waals surface area contributed by atoms with Crippen molar-refractivity contribution in [3.05, 3.63) is 0 Å². The second-order valence-electron chi connectivity index (χ2n) is 4.90. The van der Waals surface area contributed by atoms with Crippen LogP contribution in [0.4, 0.5) is 0 Å². The number of hydrogen-bond donors (Lipinski definition) is 1. The van der Waals surface area contributed by atoms with Crippen LogP contribution in [0.25, 0.3) is 0 Å². The zero-order valence-electron chi connectivity index (χ0n) is 10.1. The predicted octanol–water partition coefficient (Wildman–Crippen LogP) is 0.766. The third-order valence-electron chi connectivity index (χ3n) is 3.44. The Morgan fingerprint density at radius 1 is 1.38 bits per heavy atom. The zero-order valence-corrected chi connectivity index (χ0v) is 10.1. The summed E-state index contributed by atoms with van der Waals surface area (Å²) in [5.41, 5.74) is 0. The van der Waals surface area contributed by atoms with E-state index in [0.29, 0.717) is 18.7 Å². The van der Waals surface area contributed by atoms with Gasteiger partial charge < -0.3 is 15.0 Å². The zero-order chi connectivity index (χ0) is 11.4. The number of rotatable bonds is 5. The fourth-order valence-electron chi connectivity index (χ4n) is 2.12. The van der Waals surface area contributed by atoms with Gasteiger partial charge in [-0.2, -0.15) is 0 Å². The summed E-state index contributed by atoms with van der Waals surface area (Å²) in [6.07, 6.45) is 6.03. The van der Waals surface area contributed by atoms with E-state index in [1.54, 1.807) is 0 Å². The minimum absolute atomic E-state index is 0.123. The summed E-state index contributed by atoms with van der Waals surface area (Å²) in [6, 6.07) is 0.941. The van der Waals surface area contributed by atoms with Gasteiger partial charge in [0.2, 0.25) is 5.91 Å². The Bertz CT molecular complexity index is 235. The average molecular weight is 226 g/mol. The Hall–Kier alpha value is -0.610. The third-order valence-corrected chi connectivity index (χ3v) is 3.44. The molecule has 1 aliphatic carbocycles. The molecule has 0 aromatic carbocycles. The smallest absolute Gasteiger partial charge is 0.248 e. The van der Waals surface area contributed by atoms with Crippen molar-refractivity contribution in [2.24, 2.45) is 0 Å². The summed E-state index contributed by atoms with van der Waals surface area (Å²) < 4.78 is 5.48. The molecule has 2 rings (SSSR count). The van der Waals surface area contributed by atoms with Crippen LogP contribution in [-0.4, -0.2) is 49.7 Å². The summed E-state index contributed by atoms with van der Waals surface area (Å²) in [5.74, 6) is 0.123. The first-order valence-electron chi connectivity index (χ1n) is 6.34. The van der Waals surface area contributed by atoms with Crippen LogP contribution in [0.15, 0.2) is 0 Å². The highest BCUT2D eigenvalue weighted by atomic mass is 16.5. The Morgan fingerprint density at radius 3 is 2.81 bits per heavy atom. The van der Waals surface area contributed by atoms with Crippen molar-refractivity contribution in [1.82, 2.24) is 10.2 Å². The van der Waals surface area contributed by atoms with Crippen LogP contribution < -0.4 is 5.32 Å². The molecule has 0 radical (unpaired) electrons. The highest BCUT2D eigenvalue weighted by Crippen LogP contribution is 2.25. The van der Waals surface area contributed by atoms with E-state index in [4.69, 9.17) is 4.74 Å². The summed E-state index contributed by atoms with van der Waals surface area (Å²) in [7, 11) is 1.88. The van der Waals surface area contributed by atoms with E-state index in [0.717, 1.165) is 19.4 Å². The van der Waals surface area contributed by atoms with Crippen LogP contribution in [0, 0.1) is 0 Å². The maximum absolute atomic E-state index is 11.6. The Balaban J connectivity index is 1.57. The van der Waals surface area contributed by atoms with E-state index < -0.39 is 0 Å². The molecule has 1 N–H and O–H groups in total. The molecule has 1 aliphatic heterocycles. The van der Waals surface area contributed by atoms with Crippen LogP contribution in [0.1, 0.15) is 32.1 Å². The molecule has 1 saturated heterocycles. The van der Waals surface area contributed by atoms with Crippen LogP contribution in [0.2, 0.25) is 0 Å². The molecule has 92 valence electrons. The van der Waals surface area contributed by atoms with Crippen molar-refractivity contribution < 1.29 is 9.53 Å². The summed E-state index contributed by atoms with van der Waals surface area (Å²) in [6.45, 7) is 2.00. The number of nitrogens with one attached hydrogen (secondary N) is 1. The van der Waals surface area contributed by atoms with Crippen molar-refractivity contribution >= 4 is 5.91 Å². The van der Waals surface area contributed by atoms with Crippen LogP contribution in [-0.2, 0) is 9.53 Å². The molecule has 1 amide bonds. The van der Waals surface area contributed by atoms with Crippen LogP contribution in [0.5, 0.6) is 0 Å². The van der Waals surface area contributed by atoms with E-state index >= 15 is 0 Å². The fraction of sp³-hybridized carbons (Fsp3) is 0.917. The second kappa shape index (κ2) is 5.64. The molecule has 0 aromatic heterocycles. The standard InChI is InChI=1S/C12H22N2O2/c1-14(11-5-6-11)12(15)9-16-8-10-4-2-3-7-13-10/h10-11,13H,2-9H2,1H3. The van der Waals surface area contributed by atoms with Gasteiger partial charge in [0, 0.05) is 19.1 Å². The number of likely N-dealkylation sites (N-methyl/N-ethyl adjacent to an activating group) is 1. The van der Waals surface area contributed by atoms with Crippen molar-refractivity contribution in [2.75, 3.05) is 26.8 Å². The largest absolute Gasteiger partial charge is 0.370 e. The molecule has 2 aliphatic rings. The maximum atomic E-state index is 11.6. The lowest BCUT2D eigenvalue weighted by atomic mass is 10.1. The SMILES string of the molecule is CN(C(=O)COCC1CCCCN1)C1CC1. The van der Waals surface area contributed by atoms with Gasteiger partial charge in [-0.25, -0.2) is 0 Å². The molecule has 0 spiro atoms. The molecule has 1 unspecified atom stereocenters. The first-order chi connectivity index (χ1) is 7.77. The first kappa shape index (κ1) is 11.9. The fourth-order valence-corrected chi connectivity index (χ4v) is 2.12. The maximum Gasteiger partial charge on any atom is 0.248 e. The number of nitrogens with zero attached hydrogens (tertiary/aromatic N) is 1. The molecule has 1 atom stereocenters. The lowest BCUT2D eigenvalue weighted by Crippen LogP contribution is -2.39. The van der Waals surface area contributed by atoms with E-state index in [9.17, 15) is 4.79 Å². The molecule has 1 heterocycles. The average Bonchev–Trinajstić information content (AvgIpc) is 3.13. The van der Waals surface area contributed by atoms with Gasteiger partial charge in [0.25, 0.3) is 0 Å². The topological polar surface area (TPSA) is 41.6 Å². The number of amides is 1. The van der Waals surface area contributed by atoms with Gasteiger partial charge in [-0.15, -0.1) is 0 Å². The molecule has 0 aromatic rings. The lowest BCUT2D eigenvalue weighted by Gasteiger charge is -2.23. The van der Waals surface area contributed by atoms with Gasteiger partial charge >= 0.3 is 0 Å². The number of carbonyl (C=O) groups is 1. The predicted molar refractivity (Wildman–Crippen MR) is 62.3 cm³/mol. The normalized spacial score (nSPS) is 25.4. The number of carbonyl (C=O) groups excluding carboxylic acids is 1. The van der Waals surface area contributed by atoms with Gasteiger partial charge in [-0.3, -0.25) is 4.79 Å². The monoisotopic (exact) mass is 226 g/mol. The van der Waals surface area contributed by atoms with Gasteiger partial charge in [0.05, 0.1) is 6.61 Å². The van der Waals surface area contributed by atoms with Crippen molar-refractivity contribution in [3.63, 3.8) is 0 Å². The summed E-state index contributed by atoms with van der Waals surface area (Å²) in [5, 5.41) is 3.41. The Kier molecular flexibility index (Phi) is 4.18. The van der Waals surface area contributed by atoms with Gasteiger partial charge in [0.15, 0.2) is 0 Å². The van der Waals surface area contributed by atoms with E-state index in [1.165, 1.54) is 19.3 Å². The number of hydrogen-bond acceptors (Lipinski definition) is 3. The van der Waals surface area contributed by atoms with Gasteiger partial charge in [-0.1, -0.05) is 6.42 Å². The van der Waals surface area contributed by atoms with Crippen LogP contribution >= 0.6 is 0 Å². The number of ether oxygens (including phenoxy) is 1. The molecule has 0 bridgehead atoms. The van der Waals surface area contributed by atoms with E-state index in [2.05, 4.69) is 5.32 Å². The molecule has 4 heteroatoms. The minimum atomic E-state index is 0.123. The first-order valence-corrected chi connectivity index (χ1v) is 6.34. The highest BCUT2D eigenvalue weighted by molar-refractivity contribution is 5.77. The van der Waals surface area contributed by atoms with Crippen molar-refractivity contribution in [1.29, 1.82) is 0 Å². The van der Waals surface area contributed by atoms with E-state index in [1.807, 2.05) is 11.9 Å². The number of piperidine rings is 1. The highest BCUT2D eigenvalue weighted by Gasteiger charge is 2.29. The third kappa shape index (κ3) is 3.46. The van der Waals surface area contributed by atoms with Crippen molar-refractivity contribution in [3.8, 4) is 0 Å². The second-order valence-corrected chi connectivity index (χ2v) is 4.90. The van der Waals surface area contributed by atoms with Gasteiger partial charge in [0.1, 0.15) is 6.61 Å².